The molecule has 0 unspecified atom stereocenters. The zero-order valence-electron chi connectivity index (χ0n) is 12.6. The van der Waals surface area contributed by atoms with Crippen molar-refractivity contribution in [2.45, 2.75) is 50.4 Å². The molecule has 4 nitrogen and oxygen atoms in total. The quantitative estimate of drug-likeness (QED) is 0.746. The van der Waals surface area contributed by atoms with Crippen molar-refractivity contribution in [3.63, 3.8) is 0 Å². The summed E-state index contributed by atoms with van der Waals surface area (Å²) < 4.78 is 11.7. The summed E-state index contributed by atoms with van der Waals surface area (Å²) in [5.41, 5.74) is 0. The van der Waals surface area contributed by atoms with Gasteiger partial charge in [0, 0.05) is 12.5 Å². The molecule has 2 fully saturated rings. The highest BCUT2D eigenvalue weighted by atomic mass is 16.5. The number of hydrogen-bond acceptors (Lipinski definition) is 3. The van der Waals surface area contributed by atoms with Crippen LogP contribution in [0.25, 0.3) is 0 Å². The maximum Gasteiger partial charge on any atom is 0.226 e. The van der Waals surface area contributed by atoms with Crippen LogP contribution in [-0.4, -0.2) is 48.8 Å². The molecule has 2 aliphatic carbocycles. The molecule has 1 heterocycles. The molecule has 1 saturated heterocycles. The lowest BCUT2D eigenvalue weighted by Gasteiger charge is -2.40. The fraction of sp³-hybridized carbons (Fsp3) is 0.706. The highest BCUT2D eigenvalue weighted by molar-refractivity contribution is 5.79. The monoisotopic (exact) mass is 291 g/mol. The predicted molar refractivity (Wildman–Crippen MR) is 80.9 cm³/mol. The Hall–Kier alpha value is -1.13. The SMILES string of the molecule is C=CCO[C@H]1CC[C@H]2[C@H]1OCCN2C(=O)[C@H]1CC=CCC1. The average Bonchev–Trinajstić information content (AvgIpc) is 2.96. The van der Waals surface area contributed by atoms with E-state index in [9.17, 15) is 4.79 Å². The largest absolute Gasteiger partial charge is 0.372 e. The van der Waals surface area contributed by atoms with Crippen molar-refractivity contribution < 1.29 is 14.3 Å². The minimum atomic E-state index is 0.0433. The molecular weight excluding hydrogens is 266 g/mol. The van der Waals surface area contributed by atoms with Crippen LogP contribution in [0.1, 0.15) is 32.1 Å². The van der Waals surface area contributed by atoms with Gasteiger partial charge in [-0.25, -0.2) is 0 Å². The van der Waals surface area contributed by atoms with E-state index in [1.807, 2.05) is 0 Å². The van der Waals surface area contributed by atoms with Crippen molar-refractivity contribution >= 4 is 5.91 Å². The molecule has 0 aromatic rings. The van der Waals surface area contributed by atoms with E-state index in [0.717, 1.165) is 38.6 Å². The number of ether oxygens (including phenoxy) is 2. The molecule has 1 saturated carbocycles. The number of carbonyl (C=O) groups is 1. The minimum Gasteiger partial charge on any atom is -0.372 e. The van der Waals surface area contributed by atoms with E-state index in [1.54, 1.807) is 6.08 Å². The third kappa shape index (κ3) is 3.06. The number of nitrogens with zero attached hydrogens (tertiary/aromatic N) is 1. The zero-order valence-corrected chi connectivity index (χ0v) is 12.6. The van der Waals surface area contributed by atoms with E-state index in [4.69, 9.17) is 9.47 Å². The summed E-state index contributed by atoms with van der Waals surface area (Å²) in [6.45, 7) is 5.61. The van der Waals surface area contributed by atoms with Gasteiger partial charge in [-0.1, -0.05) is 18.2 Å². The molecule has 1 amide bonds. The van der Waals surface area contributed by atoms with Crippen LogP contribution in [0.3, 0.4) is 0 Å². The third-order valence-electron chi connectivity index (χ3n) is 4.86. The van der Waals surface area contributed by atoms with Gasteiger partial charge in [-0.05, 0) is 32.1 Å². The van der Waals surface area contributed by atoms with Crippen LogP contribution in [0, 0.1) is 5.92 Å². The number of carbonyl (C=O) groups excluding carboxylic acids is 1. The number of rotatable bonds is 4. The molecule has 0 N–H and O–H groups in total. The first kappa shape index (κ1) is 14.8. The first-order chi connectivity index (χ1) is 10.3. The van der Waals surface area contributed by atoms with Crippen molar-refractivity contribution in [1.29, 1.82) is 0 Å². The van der Waals surface area contributed by atoms with Gasteiger partial charge in [-0.3, -0.25) is 4.79 Å². The standard InChI is InChI=1S/C17H25NO3/c1-2-11-20-15-9-8-14-16(15)21-12-10-18(14)17(19)13-6-4-3-5-7-13/h2-4,13-16H,1,5-12H2/t13-,14-,15-,16+/m0/s1. The molecule has 0 bridgehead atoms. The van der Waals surface area contributed by atoms with Crippen LogP contribution in [0.2, 0.25) is 0 Å². The van der Waals surface area contributed by atoms with E-state index in [1.165, 1.54) is 0 Å². The maximum atomic E-state index is 12.8. The number of amides is 1. The second-order valence-electron chi connectivity index (χ2n) is 6.15. The van der Waals surface area contributed by atoms with Crippen LogP contribution < -0.4 is 0 Å². The lowest BCUT2D eigenvalue weighted by molar-refractivity contribution is -0.155. The molecule has 116 valence electrons. The minimum absolute atomic E-state index is 0.0433. The van der Waals surface area contributed by atoms with Crippen molar-refractivity contribution in [3.05, 3.63) is 24.8 Å². The number of hydrogen-bond donors (Lipinski definition) is 0. The Morgan fingerprint density at radius 1 is 1.38 bits per heavy atom. The highest BCUT2D eigenvalue weighted by Crippen LogP contribution is 2.34. The van der Waals surface area contributed by atoms with Crippen LogP contribution in [-0.2, 0) is 14.3 Å². The van der Waals surface area contributed by atoms with E-state index in [-0.39, 0.29) is 24.2 Å². The number of fused-ring (bicyclic) bond motifs is 1. The first-order valence-electron chi connectivity index (χ1n) is 8.11. The summed E-state index contributed by atoms with van der Waals surface area (Å²) in [6.07, 6.45) is 11.1. The predicted octanol–water partition coefficient (Wildman–Crippen LogP) is 2.30. The van der Waals surface area contributed by atoms with E-state index < -0.39 is 0 Å². The second kappa shape index (κ2) is 6.75. The van der Waals surface area contributed by atoms with Gasteiger partial charge in [-0.2, -0.15) is 0 Å². The van der Waals surface area contributed by atoms with E-state index in [0.29, 0.717) is 19.1 Å². The average molecular weight is 291 g/mol. The molecule has 21 heavy (non-hydrogen) atoms. The fourth-order valence-electron chi connectivity index (χ4n) is 3.81. The molecule has 0 aromatic carbocycles. The van der Waals surface area contributed by atoms with Crippen molar-refractivity contribution in [3.8, 4) is 0 Å². The summed E-state index contributed by atoms with van der Waals surface area (Å²) in [5, 5.41) is 0. The topological polar surface area (TPSA) is 38.8 Å². The zero-order chi connectivity index (χ0) is 14.7. The molecule has 0 aromatic heterocycles. The lowest BCUT2D eigenvalue weighted by Crippen LogP contribution is -2.55. The van der Waals surface area contributed by atoms with Gasteiger partial charge < -0.3 is 14.4 Å². The maximum absolute atomic E-state index is 12.8. The molecule has 3 aliphatic rings. The van der Waals surface area contributed by atoms with Crippen LogP contribution >= 0.6 is 0 Å². The summed E-state index contributed by atoms with van der Waals surface area (Å²) in [5.74, 6) is 0.490. The summed E-state index contributed by atoms with van der Waals surface area (Å²) >= 11 is 0. The van der Waals surface area contributed by atoms with Gasteiger partial charge in [0.05, 0.1) is 25.4 Å². The Kier molecular flexibility index (Phi) is 4.76. The number of morpholine rings is 1. The van der Waals surface area contributed by atoms with Crippen LogP contribution in [0.15, 0.2) is 24.8 Å². The van der Waals surface area contributed by atoms with Gasteiger partial charge in [-0.15, -0.1) is 6.58 Å². The molecule has 4 atom stereocenters. The van der Waals surface area contributed by atoms with Gasteiger partial charge >= 0.3 is 0 Å². The molecule has 0 radical (unpaired) electrons. The van der Waals surface area contributed by atoms with Gasteiger partial charge in [0.15, 0.2) is 0 Å². The van der Waals surface area contributed by atoms with E-state index >= 15 is 0 Å². The molecule has 1 aliphatic heterocycles. The molecule has 3 rings (SSSR count). The van der Waals surface area contributed by atoms with Gasteiger partial charge in [0.25, 0.3) is 0 Å². The normalized spacial score (nSPS) is 35.5. The van der Waals surface area contributed by atoms with Crippen LogP contribution in [0.5, 0.6) is 0 Å². The van der Waals surface area contributed by atoms with Crippen molar-refractivity contribution in [1.82, 2.24) is 4.90 Å². The summed E-state index contributed by atoms with van der Waals surface area (Å²) in [6, 6.07) is 0.201. The summed E-state index contributed by atoms with van der Waals surface area (Å²) in [4.78, 5) is 14.9. The van der Waals surface area contributed by atoms with Crippen LogP contribution in [0.4, 0.5) is 0 Å². The Balaban J connectivity index is 1.65. The van der Waals surface area contributed by atoms with Crippen molar-refractivity contribution in [2.24, 2.45) is 5.92 Å². The molecule has 0 spiro atoms. The second-order valence-corrected chi connectivity index (χ2v) is 6.15. The number of allylic oxidation sites excluding steroid dienone is 2. The first-order valence-corrected chi connectivity index (χ1v) is 8.11. The Labute approximate surface area is 126 Å². The summed E-state index contributed by atoms with van der Waals surface area (Å²) in [7, 11) is 0. The lowest BCUT2D eigenvalue weighted by atomic mass is 9.92. The molecular formula is C17H25NO3. The van der Waals surface area contributed by atoms with Gasteiger partial charge in [0.2, 0.25) is 5.91 Å². The Morgan fingerprint density at radius 2 is 2.29 bits per heavy atom. The van der Waals surface area contributed by atoms with Crippen molar-refractivity contribution in [2.75, 3.05) is 19.8 Å². The van der Waals surface area contributed by atoms with Gasteiger partial charge in [0.1, 0.15) is 6.10 Å². The molecule has 4 heteroatoms. The fourth-order valence-corrected chi connectivity index (χ4v) is 3.81. The smallest absolute Gasteiger partial charge is 0.226 e. The third-order valence-corrected chi connectivity index (χ3v) is 4.86. The van der Waals surface area contributed by atoms with E-state index in [2.05, 4.69) is 23.6 Å². The Morgan fingerprint density at radius 3 is 3.05 bits per heavy atom. The Bertz CT molecular complexity index is 420. The highest BCUT2D eigenvalue weighted by Gasteiger charge is 2.45.